The molecule has 8 nitrogen and oxygen atoms in total. The van der Waals surface area contributed by atoms with Gasteiger partial charge in [0.05, 0.1) is 14.2 Å². The standard InChI is InChI=1S/C22H21N5O3/c1-29-18-4-3-14(11-19(18)30-2)15-9-16-20(17(28)10-15)21(13-5-7-23-8-6-13)27-22(26-16)24-12-25-27/h3-8,11-12,15,21H,9-10H2,1-2H3,(H,24,25,26)/t15-,21+/m0/s1. The van der Waals surface area contributed by atoms with E-state index in [9.17, 15) is 4.79 Å². The number of carbonyl (C=O) groups is 1. The molecule has 0 saturated carbocycles. The average molecular weight is 403 g/mol. The number of fused-ring (bicyclic) bond motifs is 1. The molecule has 3 aromatic rings. The van der Waals surface area contributed by atoms with Crippen LogP contribution in [0.2, 0.25) is 0 Å². The highest BCUT2D eigenvalue weighted by molar-refractivity contribution is 6.00. The van der Waals surface area contributed by atoms with Crippen molar-refractivity contribution in [1.29, 1.82) is 0 Å². The summed E-state index contributed by atoms with van der Waals surface area (Å²) in [6, 6.07) is 9.36. The second-order valence-corrected chi connectivity index (χ2v) is 7.37. The zero-order valence-corrected chi connectivity index (χ0v) is 16.7. The van der Waals surface area contributed by atoms with Crippen LogP contribution in [0.25, 0.3) is 0 Å². The summed E-state index contributed by atoms with van der Waals surface area (Å²) >= 11 is 0. The molecule has 0 fully saturated rings. The minimum Gasteiger partial charge on any atom is -0.493 e. The molecule has 152 valence electrons. The Morgan fingerprint density at radius 2 is 1.83 bits per heavy atom. The lowest BCUT2D eigenvalue weighted by molar-refractivity contribution is -0.116. The summed E-state index contributed by atoms with van der Waals surface area (Å²) < 4.78 is 12.6. The number of ether oxygens (including phenoxy) is 2. The van der Waals surface area contributed by atoms with Gasteiger partial charge in [-0.3, -0.25) is 9.78 Å². The second kappa shape index (κ2) is 7.29. The van der Waals surface area contributed by atoms with Gasteiger partial charge < -0.3 is 14.8 Å². The Kier molecular flexibility index (Phi) is 4.46. The van der Waals surface area contributed by atoms with Gasteiger partial charge >= 0.3 is 0 Å². The Labute approximate surface area is 173 Å². The Balaban J connectivity index is 1.55. The first-order valence-corrected chi connectivity index (χ1v) is 9.74. The van der Waals surface area contributed by atoms with E-state index in [0.717, 1.165) is 22.4 Å². The number of ketones is 1. The smallest absolute Gasteiger partial charge is 0.226 e. The van der Waals surface area contributed by atoms with E-state index in [2.05, 4.69) is 20.4 Å². The molecular weight excluding hydrogens is 382 g/mol. The Hall–Kier alpha value is -3.68. The number of pyridine rings is 1. The molecule has 5 rings (SSSR count). The summed E-state index contributed by atoms with van der Waals surface area (Å²) in [5.74, 6) is 2.11. The molecule has 0 spiro atoms. The number of rotatable bonds is 4. The molecule has 8 heteroatoms. The van der Waals surface area contributed by atoms with E-state index >= 15 is 0 Å². The zero-order valence-electron chi connectivity index (χ0n) is 16.7. The predicted octanol–water partition coefficient (Wildman–Crippen LogP) is 3.11. The van der Waals surface area contributed by atoms with Crippen LogP contribution in [0.3, 0.4) is 0 Å². The van der Waals surface area contributed by atoms with Crippen LogP contribution in [-0.4, -0.2) is 39.8 Å². The van der Waals surface area contributed by atoms with Gasteiger partial charge in [-0.25, -0.2) is 4.68 Å². The minimum atomic E-state index is -0.305. The minimum absolute atomic E-state index is 0.0381. The van der Waals surface area contributed by atoms with Crippen molar-refractivity contribution in [2.45, 2.75) is 24.8 Å². The van der Waals surface area contributed by atoms with Crippen molar-refractivity contribution in [3.8, 4) is 11.5 Å². The van der Waals surface area contributed by atoms with Gasteiger partial charge in [0.25, 0.3) is 0 Å². The number of benzene rings is 1. The molecule has 2 atom stereocenters. The molecule has 0 unspecified atom stereocenters. The number of hydrogen-bond donors (Lipinski definition) is 1. The van der Waals surface area contributed by atoms with Crippen LogP contribution in [0.15, 0.2) is 60.3 Å². The predicted molar refractivity (Wildman–Crippen MR) is 110 cm³/mol. The Morgan fingerprint density at radius 1 is 1.03 bits per heavy atom. The molecule has 0 amide bonds. The molecule has 3 heterocycles. The molecule has 0 radical (unpaired) electrons. The van der Waals surface area contributed by atoms with E-state index in [4.69, 9.17) is 9.47 Å². The molecule has 2 aromatic heterocycles. The fourth-order valence-electron chi connectivity index (χ4n) is 4.35. The lowest BCUT2D eigenvalue weighted by atomic mass is 9.78. The third-order valence-corrected chi connectivity index (χ3v) is 5.76. The summed E-state index contributed by atoms with van der Waals surface area (Å²) in [6.07, 6.45) is 6.08. The quantitative estimate of drug-likeness (QED) is 0.716. The number of anilines is 1. The summed E-state index contributed by atoms with van der Waals surface area (Å²) in [4.78, 5) is 21.8. The lowest BCUT2D eigenvalue weighted by Crippen LogP contribution is -2.33. The summed E-state index contributed by atoms with van der Waals surface area (Å²) in [7, 11) is 3.23. The molecule has 1 aliphatic carbocycles. The Bertz CT molecular complexity index is 1140. The number of Topliss-reactive ketones (excluding diaryl/α,β-unsaturated/α-hetero) is 1. The zero-order chi connectivity index (χ0) is 20.7. The molecule has 1 N–H and O–H groups in total. The molecule has 1 aromatic carbocycles. The number of hydrogen-bond acceptors (Lipinski definition) is 7. The molecule has 2 aliphatic rings. The number of nitrogens with one attached hydrogen (secondary N) is 1. The van der Waals surface area contributed by atoms with Crippen molar-refractivity contribution in [1.82, 2.24) is 19.7 Å². The maximum absolute atomic E-state index is 13.4. The van der Waals surface area contributed by atoms with Gasteiger partial charge in [0.1, 0.15) is 12.4 Å². The van der Waals surface area contributed by atoms with Crippen molar-refractivity contribution >= 4 is 11.7 Å². The van der Waals surface area contributed by atoms with Crippen molar-refractivity contribution in [3.05, 3.63) is 71.4 Å². The van der Waals surface area contributed by atoms with Crippen LogP contribution in [0.1, 0.15) is 35.9 Å². The average Bonchev–Trinajstić information content (AvgIpc) is 3.25. The van der Waals surface area contributed by atoms with E-state index in [1.807, 2.05) is 30.3 Å². The molecular formula is C22H21N5O3. The lowest BCUT2D eigenvalue weighted by Gasteiger charge is -2.35. The molecule has 0 saturated heterocycles. The van der Waals surface area contributed by atoms with E-state index in [1.54, 1.807) is 31.3 Å². The van der Waals surface area contributed by atoms with Crippen LogP contribution in [0.4, 0.5) is 5.95 Å². The number of methoxy groups -OCH3 is 2. The summed E-state index contributed by atoms with van der Waals surface area (Å²) in [5.41, 5.74) is 3.65. The van der Waals surface area contributed by atoms with Gasteiger partial charge in [-0.1, -0.05) is 6.07 Å². The van der Waals surface area contributed by atoms with Gasteiger partial charge in [0.2, 0.25) is 5.95 Å². The van der Waals surface area contributed by atoms with Crippen molar-refractivity contribution in [2.24, 2.45) is 0 Å². The first-order valence-electron chi connectivity index (χ1n) is 9.74. The third kappa shape index (κ3) is 2.92. The third-order valence-electron chi connectivity index (χ3n) is 5.76. The molecule has 30 heavy (non-hydrogen) atoms. The van der Waals surface area contributed by atoms with E-state index in [0.29, 0.717) is 30.3 Å². The van der Waals surface area contributed by atoms with Gasteiger partial charge in [-0.2, -0.15) is 10.1 Å². The Morgan fingerprint density at radius 3 is 2.60 bits per heavy atom. The van der Waals surface area contributed by atoms with Crippen LogP contribution >= 0.6 is 0 Å². The van der Waals surface area contributed by atoms with Crippen molar-refractivity contribution < 1.29 is 14.3 Å². The maximum Gasteiger partial charge on any atom is 0.226 e. The van der Waals surface area contributed by atoms with Gasteiger partial charge in [-0.15, -0.1) is 0 Å². The van der Waals surface area contributed by atoms with Crippen LogP contribution in [0, 0.1) is 0 Å². The van der Waals surface area contributed by atoms with E-state index < -0.39 is 0 Å². The first kappa shape index (κ1) is 18.4. The van der Waals surface area contributed by atoms with Crippen LogP contribution < -0.4 is 14.8 Å². The van der Waals surface area contributed by atoms with Gasteiger partial charge in [0, 0.05) is 30.1 Å². The normalized spacial score (nSPS) is 20.3. The monoisotopic (exact) mass is 403 g/mol. The van der Waals surface area contributed by atoms with Gasteiger partial charge in [-0.05, 0) is 47.7 Å². The number of nitrogens with zero attached hydrogens (tertiary/aromatic N) is 4. The highest BCUT2D eigenvalue weighted by atomic mass is 16.5. The summed E-state index contributed by atoms with van der Waals surface area (Å²) in [6.45, 7) is 0. The van der Waals surface area contributed by atoms with Crippen molar-refractivity contribution in [2.75, 3.05) is 19.5 Å². The molecule has 0 bridgehead atoms. The fraction of sp³-hybridized carbons (Fsp3) is 0.273. The number of aromatic nitrogens is 4. The van der Waals surface area contributed by atoms with Crippen LogP contribution in [0.5, 0.6) is 11.5 Å². The highest BCUT2D eigenvalue weighted by Gasteiger charge is 2.39. The molecule has 1 aliphatic heterocycles. The SMILES string of the molecule is COc1ccc([C@@H]2CC(=O)C3=C(C2)Nc2ncnn2[C@@H]3c2ccncc2)cc1OC. The number of carbonyl (C=O) groups excluding carboxylic acids is 1. The maximum atomic E-state index is 13.4. The second-order valence-electron chi connectivity index (χ2n) is 7.37. The van der Waals surface area contributed by atoms with Crippen molar-refractivity contribution in [3.63, 3.8) is 0 Å². The van der Waals surface area contributed by atoms with E-state index in [-0.39, 0.29) is 17.7 Å². The largest absolute Gasteiger partial charge is 0.493 e. The van der Waals surface area contributed by atoms with Crippen LogP contribution in [-0.2, 0) is 4.79 Å². The highest BCUT2D eigenvalue weighted by Crippen LogP contribution is 2.44. The fourth-order valence-corrected chi connectivity index (χ4v) is 4.35. The van der Waals surface area contributed by atoms with E-state index in [1.165, 1.54) is 6.33 Å². The topological polar surface area (TPSA) is 91.2 Å². The number of allylic oxidation sites excluding steroid dienone is 2. The van der Waals surface area contributed by atoms with Gasteiger partial charge in [0.15, 0.2) is 17.3 Å². The first-order chi connectivity index (χ1) is 14.7. The summed E-state index contributed by atoms with van der Waals surface area (Å²) in [5, 5.41) is 7.70.